The van der Waals surface area contributed by atoms with Gasteiger partial charge in [-0.15, -0.1) is 0 Å². The lowest BCUT2D eigenvalue weighted by molar-refractivity contribution is -0.125. The number of amides is 1. The average Bonchev–Trinajstić information content (AvgIpc) is 2.72. The van der Waals surface area contributed by atoms with Crippen LogP contribution in [0.2, 0.25) is 5.15 Å². The number of hydrogen-bond acceptors (Lipinski definition) is 6. The molecule has 1 aliphatic rings. The number of halogens is 1. The minimum absolute atomic E-state index is 0.00911. The highest BCUT2D eigenvalue weighted by atomic mass is 35.5. The third-order valence-corrected chi connectivity index (χ3v) is 5.11. The van der Waals surface area contributed by atoms with Crippen LogP contribution in [0.3, 0.4) is 0 Å². The molecule has 1 amide bonds. The van der Waals surface area contributed by atoms with Crippen LogP contribution in [0, 0.1) is 5.92 Å². The Balaban J connectivity index is 1.52. The van der Waals surface area contributed by atoms with Crippen molar-refractivity contribution in [2.75, 3.05) is 37.5 Å². The van der Waals surface area contributed by atoms with Crippen molar-refractivity contribution < 1.29 is 9.53 Å². The van der Waals surface area contributed by atoms with E-state index < -0.39 is 0 Å². The molecule has 0 atom stereocenters. The van der Waals surface area contributed by atoms with Crippen molar-refractivity contribution in [2.45, 2.75) is 19.4 Å². The second-order valence-electron chi connectivity index (χ2n) is 6.44. The first kappa shape index (κ1) is 19.2. The lowest BCUT2D eigenvalue weighted by Gasteiger charge is -2.33. The normalized spacial score (nSPS) is 14.7. The van der Waals surface area contributed by atoms with Gasteiger partial charge < -0.3 is 20.3 Å². The molecule has 0 saturated carbocycles. The molecule has 1 aromatic carbocycles. The molecule has 1 fully saturated rings. The maximum Gasteiger partial charge on any atom is 0.223 e. The summed E-state index contributed by atoms with van der Waals surface area (Å²) in [5, 5.41) is 6.49. The summed E-state index contributed by atoms with van der Waals surface area (Å²) in [6.07, 6.45) is 3.02. The van der Waals surface area contributed by atoms with Gasteiger partial charge in [0.15, 0.2) is 11.0 Å². The fourth-order valence-corrected chi connectivity index (χ4v) is 3.46. The maximum absolute atomic E-state index is 12.5. The third-order valence-electron chi connectivity index (χ3n) is 4.82. The summed E-state index contributed by atoms with van der Waals surface area (Å²) in [5.74, 6) is 1.70. The minimum atomic E-state index is 0.00911. The predicted octanol–water partition coefficient (Wildman–Crippen LogP) is 2.71. The highest BCUT2D eigenvalue weighted by Crippen LogP contribution is 2.31. The zero-order chi connectivity index (χ0) is 19.2. The van der Waals surface area contributed by atoms with Gasteiger partial charge in [0.2, 0.25) is 5.91 Å². The highest BCUT2D eigenvalue weighted by molar-refractivity contribution is 6.32. The highest BCUT2D eigenvalue weighted by Gasteiger charge is 2.27. The molecule has 0 bridgehead atoms. The van der Waals surface area contributed by atoms with Crippen LogP contribution in [0.25, 0.3) is 0 Å². The van der Waals surface area contributed by atoms with E-state index in [0.717, 1.165) is 48.7 Å². The second-order valence-corrected chi connectivity index (χ2v) is 6.80. The second kappa shape index (κ2) is 8.90. The third kappa shape index (κ3) is 4.60. The van der Waals surface area contributed by atoms with Crippen molar-refractivity contribution in [3.05, 3.63) is 41.3 Å². The summed E-state index contributed by atoms with van der Waals surface area (Å²) >= 11 is 6.13. The van der Waals surface area contributed by atoms with E-state index in [1.807, 2.05) is 24.3 Å². The van der Waals surface area contributed by atoms with Gasteiger partial charge in [0.05, 0.1) is 7.11 Å². The number of nitrogens with one attached hydrogen (secondary N) is 2. The molecule has 2 heterocycles. The van der Waals surface area contributed by atoms with Gasteiger partial charge in [-0.1, -0.05) is 23.7 Å². The van der Waals surface area contributed by atoms with E-state index in [1.165, 1.54) is 6.33 Å². The van der Waals surface area contributed by atoms with Gasteiger partial charge in [-0.3, -0.25) is 4.79 Å². The summed E-state index contributed by atoms with van der Waals surface area (Å²) in [4.78, 5) is 23.0. The number of hydrogen-bond donors (Lipinski definition) is 2. The average molecular weight is 390 g/mol. The molecule has 1 aromatic heterocycles. The van der Waals surface area contributed by atoms with Gasteiger partial charge in [-0.25, -0.2) is 9.97 Å². The molecule has 1 saturated heterocycles. The zero-order valence-corrected chi connectivity index (χ0v) is 16.3. The monoisotopic (exact) mass is 389 g/mol. The molecule has 0 aliphatic carbocycles. The topological polar surface area (TPSA) is 79.4 Å². The van der Waals surface area contributed by atoms with E-state index in [0.29, 0.717) is 11.7 Å². The molecule has 3 rings (SSSR count). The Labute approximate surface area is 164 Å². The minimum Gasteiger partial charge on any atom is -0.497 e. The Bertz CT molecular complexity index is 776. The largest absolute Gasteiger partial charge is 0.497 e. The van der Waals surface area contributed by atoms with Gasteiger partial charge in [-0.05, 0) is 30.5 Å². The molecule has 144 valence electrons. The first-order chi connectivity index (χ1) is 13.1. The van der Waals surface area contributed by atoms with Crippen LogP contribution in [-0.2, 0) is 11.3 Å². The van der Waals surface area contributed by atoms with Gasteiger partial charge in [0.1, 0.15) is 17.8 Å². The molecule has 27 heavy (non-hydrogen) atoms. The van der Waals surface area contributed by atoms with Gasteiger partial charge in [0.25, 0.3) is 0 Å². The quantitative estimate of drug-likeness (QED) is 0.739. The van der Waals surface area contributed by atoms with Crippen LogP contribution < -0.4 is 20.3 Å². The molecule has 2 aromatic rings. The fraction of sp³-hybridized carbons (Fsp3) is 0.421. The van der Waals surface area contributed by atoms with Crippen molar-refractivity contribution in [2.24, 2.45) is 5.92 Å². The molecule has 0 radical (unpaired) electrons. The van der Waals surface area contributed by atoms with Crippen LogP contribution in [0.1, 0.15) is 18.4 Å². The zero-order valence-electron chi connectivity index (χ0n) is 15.5. The number of rotatable bonds is 6. The number of piperidine rings is 1. The summed E-state index contributed by atoms with van der Waals surface area (Å²) in [6.45, 7) is 2.03. The summed E-state index contributed by atoms with van der Waals surface area (Å²) in [6, 6.07) is 7.71. The van der Waals surface area contributed by atoms with Crippen molar-refractivity contribution in [1.82, 2.24) is 15.3 Å². The van der Waals surface area contributed by atoms with Crippen molar-refractivity contribution in [3.63, 3.8) is 0 Å². The number of aromatic nitrogens is 2. The number of anilines is 2. The summed E-state index contributed by atoms with van der Waals surface area (Å²) in [5.41, 5.74) is 1.78. The summed E-state index contributed by atoms with van der Waals surface area (Å²) < 4.78 is 5.15. The van der Waals surface area contributed by atoms with E-state index in [4.69, 9.17) is 16.3 Å². The van der Waals surface area contributed by atoms with Crippen LogP contribution >= 0.6 is 11.6 Å². The lowest BCUT2D eigenvalue weighted by Crippen LogP contribution is -2.41. The molecule has 0 spiro atoms. The Morgan fingerprint density at radius 3 is 2.59 bits per heavy atom. The fourth-order valence-electron chi connectivity index (χ4n) is 3.24. The van der Waals surface area contributed by atoms with Crippen LogP contribution in [0.4, 0.5) is 11.5 Å². The van der Waals surface area contributed by atoms with Crippen molar-refractivity contribution in [1.29, 1.82) is 0 Å². The number of carbonyl (C=O) groups is 1. The van der Waals surface area contributed by atoms with Gasteiger partial charge in [-0.2, -0.15) is 0 Å². The van der Waals surface area contributed by atoms with Crippen molar-refractivity contribution >= 4 is 29.0 Å². The molecular formula is C19H24ClN5O2. The van der Waals surface area contributed by atoms with Crippen LogP contribution in [0.5, 0.6) is 5.75 Å². The first-order valence-corrected chi connectivity index (χ1v) is 9.34. The van der Waals surface area contributed by atoms with E-state index in [-0.39, 0.29) is 11.8 Å². The molecular weight excluding hydrogens is 366 g/mol. The number of ether oxygens (including phenoxy) is 1. The molecule has 8 heteroatoms. The molecule has 7 nitrogen and oxygen atoms in total. The van der Waals surface area contributed by atoms with Crippen LogP contribution in [0.15, 0.2) is 30.6 Å². The van der Waals surface area contributed by atoms with E-state index in [1.54, 1.807) is 14.2 Å². The van der Waals surface area contributed by atoms with Crippen LogP contribution in [-0.4, -0.2) is 43.1 Å². The summed E-state index contributed by atoms with van der Waals surface area (Å²) in [7, 11) is 3.44. The SMILES string of the molecule is CNc1c(Cl)ncnc1N1CCC(C(=O)NCc2ccc(OC)cc2)CC1. The van der Waals surface area contributed by atoms with Gasteiger partial charge >= 0.3 is 0 Å². The number of benzene rings is 1. The standard InChI is InChI=1S/C19H24ClN5O2/c1-21-16-17(20)23-12-24-18(16)25-9-7-14(8-10-25)19(26)22-11-13-3-5-15(27-2)6-4-13/h3-6,12,14,21H,7-11H2,1-2H3,(H,22,26). The molecule has 2 N–H and O–H groups in total. The Kier molecular flexibility index (Phi) is 6.34. The number of carbonyl (C=O) groups excluding carboxylic acids is 1. The Morgan fingerprint density at radius 1 is 1.26 bits per heavy atom. The van der Waals surface area contributed by atoms with Crippen molar-refractivity contribution in [3.8, 4) is 5.75 Å². The Morgan fingerprint density at radius 2 is 1.96 bits per heavy atom. The lowest BCUT2D eigenvalue weighted by atomic mass is 9.95. The van der Waals surface area contributed by atoms with E-state index in [2.05, 4.69) is 25.5 Å². The van der Waals surface area contributed by atoms with Gasteiger partial charge in [0, 0.05) is 32.6 Å². The van der Waals surface area contributed by atoms with E-state index >= 15 is 0 Å². The Hall–Kier alpha value is -2.54. The number of nitrogens with zero attached hydrogens (tertiary/aromatic N) is 3. The molecule has 1 aliphatic heterocycles. The number of methoxy groups -OCH3 is 1. The molecule has 0 unspecified atom stereocenters. The van der Waals surface area contributed by atoms with E-state index in [9.17, 15) is 4.79 Å². The first-order valence-electron chi connectivity index (χ1n) is 8.96. The smallest absolute Gasteiger partial charge is 0.223 e. The predicted molar refractivity (Wildman–Crippen MR) is 106 cm³/mol. The maximum atomic E-state index is 12.5.